The van der Waals surface area contributed by atoms with Crippen LogP contribution in [0.1, 0.15) is 27.5 Å². The van der Waals surface area contributed by atoms with Gasteiger partial charge in [-0.3, -0.25) is 9.59 Å². The minimum atomic E-state index is -0.648. The Balaban J connectivity index is 0.00000225. The Hall–Kier alpha value is -1.89. The minimum Gasteiger partial charge on any atom is -0.337 e. The summed E-state index contributed by atoms with van der Waals surface area (Å²) < 4.78 is 0. The number of halogens is 1. The van der Waals surface area contributed by atoms with Crippen LogP contribution in [0.5, 0.6) is 0 Å². The molecular formula is C18H22ClN3O2S. The molecule has 7 heteroatoms. The first-order valence-electron chi connectivity index (χ1n) is 7.98. The fourth-order valence-electron chi connectivity index (χ4n) is 2.81. The van der Waals surface area contributed by atoms with E-state index < -0.39 is 6.04 Å². The van der Waals surface area contributed by atoms with Crippen molar-refractivity contribution in [1.29, 1.82) is 0 Å². The Morgan fingerprint density at radius 2 is 1.64 bits per heavy atom. The molecule has 25 heavy (non-hydrogen) atoms. The number of thiophene rings is 1. The van der Waals surface area contributed by atoms with Crippen molar-refractivity contribution in [2.45, 2.75) is 13.0 Å². The molecule has 2 heterocycles. The Labute approximate surface area is 157 Å². The molecule has 1 aliphatic heterocycles. The molecule has 1 saturated heterocycles. The van der Waals surface area contributed by atoms with Gasteiger partial charge in [0.05, 0.1) is 5.56 Å². The van der Waals surface area contributed by atoms with Gasteiger partial charge in [-0.1, -0.05) is 29.8 Å². The molecule has 5 nitrogen and oxygen atoms in total. The second kappa shape index (κ2) is 8.47. The van der Waals surface area contributed by atoms with Crippen LogP contribution in [0.4, 0.5) is 0 Å². The molecule has 1 aromatic heterocycles. The summed E-state index contributed by atoms with van der Waals surface area (Å²) in [6, 6.07) is 8.89. The summed E-state index contributed by atoms with van der Waals surface area (Å²) in [7, 11) is 0. The molecule has 1 unspecified atom stereocenters. The van der Waals surface area contributed by atoms with Gasteiger partial charge < -0.3 is 15.5 Å². The standard InChI is InChI=1S/C18H21N3O2S.ClH/c1-13-2-4-14(5-3-13)16(19)18(23)21-9-7-20(8-10-21)17(22)15-6-11-24-12-15;/h2-6,11-12,16H,7-10,19H2,1H3;1H. The fourth-order valence-corrected chi connectivity index (χ4v) is 3.44. The zero-order valence-corrected chi connectivity index (χ0v) is 15.7. The fraction of sp³-hybridized carbons (Fsp3) is 0.333. The molecule has 2 aromatic rings. The van der Waals surface area contributed by atoms with Crippen molar-refractivity contribution in [2.24, 2.45) is 5.73 Å². The van der Waals surface area contributed by atoms with Gasteiger partial charge in [-0.05, 0) is 23.9 Å². The highest BCUT2D eigenvalue weighted by molar-refractivity contribution is 7.08. The maximum absolute atomic E-state index is 12.6. The van der Waals surface area contributed by atoms with E-state index >= 15 is 0 Å². The van der Waals surface area contributed by atoms with Gasteiger partial charge in [0.15, 0.2) is 0 Å². The third-order valence-electron chi connectivity index (χ3n) is 4.35. The van der Waals surface area contributed by atoms with Gasteiger partial charge in [-0.2, -0.15) is 11.3 Å². The van der Waals surface area contributed by atoms with E-state index in [9.17, 15) is 9.59 Å². The monoisotopic (exact) mass is 379 g/mol. The smallest absolute Gasteiger partial charge is 0.254 e. The van der Waals surface area contributed by atoms with Crippen molar-refractivity contribution in [2.75, 3.05) is 26.2 Å². The highest BCUT2D eigenvalue weighted by Crippen LogP contribution is 2.17. The van der Waals surface area contributed by atoms with Crippen LogP contribution in [-0.4, -0.2) is 47.8 Å². The third kappa shape index (κ3) is 4.39. The van der Waals surface area contributed by atoms with Crippen LogP contribution in [0.15, 0.2) is 41.1 Å². The lowest BCUT2D eigenvalue weighted by Gasteiger charge is -2.35. The average Bonchev–Trinajstić information content (AvgIpc) is 3.15. The zero-order valence-electron chi connectivity index (χ0n) is 14.1. The largest absolute Gasteiger partial charge is 0.337 e. The van der Waals surface area contributed by atoms with Crippen LogP contribution >= 0.6 is 23.7 Å². The van der Waals surface area contributed by atoms with Gasteiger partial charge in [0.2, 0.25) is 5.91 Å². The lowest BCUT2D eigenvalue weighted by atomic mass is 10.0. The molecule has 0 spiro atoms. The number of nitrogens with zero attached hydrogens (tertiary/aromatic N) is 2. The second-order valence-electron chi connectivity index (χ2n) is 6.02. The predicted molar refractivity (Wildman–Crippen MR) is 102 cm³/mol. The van der Waals surface area contributed by atoms with Crippen molar-refractivity contribution in [1.82, 2.24) is 9.80 Å². The van der Waals surface area contributed by atoms with Crippen molar-refractivity contribution >= 4 is 35.6 Å². The van der Waals surface area contributed by atoms with Gasteiger partial charge in [0, 0.05) is 31.6 Å². The molecule has 1 aliphatic rings. The summed E-state index contributed by atoms with van der Waals surface area (Å²) in [6.45, 7) is 4.13. The number of amides is 2. The van der Waals surface area contributed by atoms with Gasteiger partial charge in [0.1, 0.15) is 6.04 Å². The van der Waals surface area contributed by atoms with E-state index in [1.54, 1.807) is 9.80 Å². The minimum absolute atomic E-state index is 0. The first kappa shape index (κ1) is 19.4. The summed E-state index contributed by atoms with van der Waals surface area (Å²) in [5.74, 6) is -0.0485. The van der Waals surface area contributed by atoms with E-state index in [-0.39, 0.29) is 24.2 Å². The molecule has 0 saturated carbocycles. The SMILES string of the molecule is Cc1ccc(C(N)C(=O)N2CCN(C(=O)c3ccsc3)CC2)cc1.Cl. The van der Waals surface area contributed by atoms with Crippen LogP contribution < -0.4 is 5.73 Å². The van der Waals surface area contributed by atoms with Gasteiger partial charge >= 0.3 is 0 Å². The van der Waals surface area contributed by atoms with Crippen molar-refractivity contribution < 1.29 is 9.59 Å². The topological polar surface area (TPSA) is 66.6 Å². The molecule has 2 N–H and O–H groups in total. The molecule has 2 amide bonds. The number of benzene rings is 1. The van der Waals surface area contributed by atoms with Crippen molar-refractivity contribution in [3.8, 4) is 0 Å². The maximum Gasteiger partial charge on any atom is 0.254 e. The normalized spacial score (nSPS) is 15.4. The second-order valence-corrected chi connectivity index (χ2v) is 6.80. The number of carbonyl (C=O) groups excluding carboxylic acids is 2. The summed E-state index contributed by atoms with van der Waals surface area (Å²) in [6.07, 6.45) is 0. The van der Waals surface area contributed by atoms with Crippen LogP contribution in [0.3, 0.4) is 0 Å². The van der Waals surface area contributed by atoms with Gasteiger partial charge in [0.25, 0.3) is 5.91 Å². The molecule has 0 radical (unpaired) electrons. The molecule has 3 rings (SSSR count). The molecule has 134 valence electrons. The quantitative estimate of drug-likeness (QED) is 0.890. The number of nitrogens with two attached hydrogens (primary N) is 1. The highest BCUT2D eigenvalue weighted by Gasteiger charge is 2.28. The molecule has 1 atom stereocenters. The van der Waals surface area contributed by atoms with Crippen LogP contribution in [0, 0.1) is 6.92 Å². The van der Waals surface area contributed by atoms with Crippen LogP contribution in [0.2, 0.25) is 0 Å². The number of aryl methyl sites for hydroxylation is 1. The Morgan fingerprint density at radius 3 is 2.20 bits per heavy atom. The number of carbonyl (C=O) groups is 2. The molecule has 1 aromatic carbocycles. The molecule has 0 bridgehead atoms. The summed E-state index contributed by atoms with van der Waals surface area (Å²) in [4.78, 5) is 28.5. The summed E-state index contributed by atoms with van der Waals surface area (Å²) in [5, 5.41) is 3.75. The number of rotatable bonds is 3. The van der Waals surface area contributed by atoms with E-state index in [2.05, 4.69) is 0 Å². The lowest BCUT2D eigenvalue weighted by molar-refractivity contribution is -0.134. The summed E-state index contributed by atoms with van der Waals surface area (Å²) in [5.41, 5.74) is 8.80. The Bertz CT molecular complexity index is 710. The van der Waals surface area contributed by atoms with Crippen LogP contribution in [0.25, 0.3) is 0 Å². The number of hydrogen-bond donors (Lipinski definition) is 1. The van der Waals surface area contributed by atoms with Crippen molar-refractivity contribution in [3.05, 3.63) is 57.8 Å². The predicted octanol–water partition coefficient (Wildman–Crippen LogP) is 2.46. The van der Waals surface area contributed by atoms with E-state index in [0.717, 1.165) is 16.7 Å². The van der Waals surface area contributed by atoms with Crippen molar-refractivity contribution in [3.63, 3.8) is 0 Å². The Morgan fingerprint density at radius 1 is 1.04 bits per heavy atom. The van der Waals surface area contributed by atoms with E-state index in [1.165, 1.54) is 11.3 Å². The maximum atomic E-state index is 12.6. The van der Waals surface area contributed by atoms with E-state index in [0.29, 0.717) is 26.2 Å². The number of hydrogen-bond acceptors (Lipinski definition) is 4. The Kier molecular flexibility index (Phi) is 6.58. The van der Waals surface area contributed by atoms with E-state index in [4.69, 9.17) is 5.73 Å². The summed E-state index contributed by atoms with van der Waals surface area (Å²) >= 11 is 1.51. The highest BCUT2D eigenvalue weighted by atomic mass is 35.5. The number of piperazine rings is 1. The van der Waals surface area contributed by atoms with E-state index in [1.807, 2.05) is 48.0 Å². The average molecular weight is 380 g/mol. The van der Waals surface area contributed by atoms with Crippen LogP contribution in [-0.2, 0) is 4.79 Å². The molecular weight excluding hydrogens is 358 g/mol. The first-order valence-corrected chi connectivity index (χ1v) is 8.93. The molecule has 1 fully saturated rings. The lowest BCUT2D eigenvalue weighted by Crippen LogP contribution is -2.52. The zero-order chi connectivity index (χ0) is 17.1. The van der Waals surface area contributed by atoms with Gasteiger partial charge in [-0.25, -0.2) is 0 Å². The molecule has 0 aliphatic carbocycles. The first-order chi connectivity index (χ1) is 11.6. The third-order valence-corrected chi connectivity index (χ3v) is 5.03. The van der Waals surface area contributed by atoms with Gasteiger partial charge in [-0.15, -0.1) is 12.4 Å².